The molecular weight excluding hydrogens is 400 g/mol. The van der Waals surface area contributed by atoms with Crippen LogP contribution in [0.3, 0.4) is 0 Å². The number of methoxy groups -OCH3 is 2. The first-order valence-electron chi connectivity index (χ1n) is 9.67. The molecule has 0 bridgehead atoms. The number of hydrogen-bond acceptors (Lipinski definition) is 7. The largest absolute Gasteiger partial charge is 0.493 e. The minimum atomic E-state index is -0.551. The fourth-order valence-corrected chi connectivity index (χ4v) is 2.56. The average molecular weight is 428 g/mol. The van der Waals surface area contributed by atoms with Gasteiger partial charge in [0.2, 0.25) is 5.91 Å². The number of nitrogens with one attached hydrogen (secondary N) is 1. The number of esters is 1. The van der Waals surface area contributed by atoms with Crippen molar-refractivity contribution in [2.45, 2.75) is 32.8 Å². The zero-order chi connectivity index (χ0) is 22.9. The number of ether oxygens (including phenoxy) is 4. The summed E-state index contributed by atoms with van der Waals surface area (Å²) in [5.74, 6) is 0.991. The van der Waals surface area contributed by atoms with Crippen LogP contribution in [0.15, 0.2) is 47.6 Å². The Hall–Kier alpha value is -3.55. The van der Waals surface area contributed by atoms with Crippen LogP contribution >= 0.6 is 0 Å². The van der Waals surface area contributed by atoms with Crippen LogP contribution in [0.25, 0.3) is 0 Å². The first-order valence-corrected chi connectivity index (χ1v) is 9.67. The van der Waals surface area contributed by atoms with E-state index >= 15 is 0 Å². The number of hydrazone groups is 1. The number of rotatable bonds is 9. The van der Waals surface area contributed by atoms with Gasteiger partial charge >= 0.3 is 5.97 Å². The van der Waals surface area contributed by atoms with Crippen LogP contribution in [0.4, 0.5) is 0 Å². The maximum absolute atomic E-state index is 12.1. The molecule has 0 heterocycles. The van der Waals surface area contributed by atoms with Gasteiger partial charge in [-0.15, -0.1) is 0 Å². The molecule has 0 radical (unpaired) electrons. The van der Waals surface area contributed by atoms with Crippen molar-refractivity contribution in [1.29, 1.82) is 0 Å². The molecule has 0 aliphatic carbocycles. The van der Waals surface area contributed by atoms with E-state index in [9.17, 15) is 9.59 Å². The summed E-state index contributed by atoms with van der Waals surface area (Å²) in [6, 6.07) is 12.2. The van der Waals surface area contributed by atoms with Gasteiger partial charge in [0, 0.05) is 0 Å². The summed E-state index contributed by atoms with van der Waals surface area (Å²) in [5, 5.41) is 3.96. The Morgan fingerprint density at radius 2 is 1.68 bits per heavy atom. The Balaban J connectivity index is 1.82. The Labute approximate surface area is 182 Å². The third-order valence-corrected chi connectivity index (χ3v) is 3.87. The van der Waals surface area contributed by atoms with Crippen molar-refractivity contribution in [1.82, 2.24) is 5.43 Å². The van der Waals surface area contributed by atoms with E-state index in [0.717, 1.165) is 11.1 Å². The monoisotopic (exact) mass is 428 g/mol. The van der Waals surface area contributed by atoms with E-state index in [1.165, 1.54) is 6.21 Å². The van der Waals surface area contributed by atoms with Crippen molar-refractivity contribution in [3.8, 4) is 17.2 Å². The van der Waals surface area contributed by atoms with Gasteiger partial charge in [0.05, 0.1) is 26.9 Å². The quantitative estimate of drug-likeness (QED) is 0.375. The highest BCUT2D eigenvalue weighted by Gasteiger charge is 2.16. The highest BCUT2D eigenvalue weighted by atomic mass is 16.6. The molecule has 1 N–H and O–H groups in total. The molecule has 0 saturated carbocycles. The Morgan fingerprint density at radius 1 is 1.00 bits per heavy atom. The molecule has 0 spiro atoms. The molecule has 2 aromatic carbocycles. The second-order valence-electron chi connectivity index (χ2n) is 7.60. The lowest BCUT2D eigenvalue weighted by molar-refractivity contribution is -0.157. The van der Waals surface area contributed by atoms with Crippen molar-refractivity contribution in [3.05, 3.63) is 53.6 Å². The second-order valence-corrected chi connectivity index (χ2v) is 7.60. The second kappa shape index (κ2) is 11.0. The first-order chi connectivity index (χ1) is 14.7. The Kier molecular flexibility index (Phi) is 8.43. The molecule has 0 aliphatic rings. The summed E-state index contributed by atoms with van der Waals surface area (Å²) in [6.45, 7) is 5.22. The highest BCUT2D eigenvalue weighted by molar-refractivity contribution is 5.83. The van der Waals surface area contributed by atoms with Crippen LogP contribution in [-0.4, -0.2) is 44.5 Å². The Morgan fingerprint density at radius 3 is 2.29 bits per heavy atom. The van der Waals surface area contributed by atoms with Gasteiger partial charge < -0.3 is 18.9 Å². The standard InChI is InChI=1S/C23H28N2O6/c1-23(2,3)31-22(27)15-30-18-9-6-16(7-10-18)14-24-25-21(26)13-17-8-11-19(28-4)20(12-17)29-5/h6-12,14H,13,15H2,1-5H3,(H,25,26)/b24-14-. The molecule has 0 fully saturated rings. The van der Waals surface area contributed by atoms with E-state index < -0.39 is 11.6 Å². The van der Waals surface area contributed by atoms with E-state index in [2.05, 4.69) is 10.5 Å². The van der Waals surface area contributed by atoms with E-state index in [-0.39, 0.29) is 18.9 Å². The Bertz CT molecular complexity index is 917. The van der Waals surface area contributed by atoms with Gasteiger partial charge in [-0.2, -0.15) is 5.10 Å². The highest BCUT2D eigenvalue weighted by Crippen LogP contribution is 2.27. The maximum atomic E-state index is 12.1. The SMILES string of the molecule is COc1ccc(CC(=O)N/N=C\c2ccc(OCC(=O)OC(C)(C)C)cc2)cc1OC. The van der Waals surface area contributed by atoms with Crippen molar-refractivity contribution in [2.24, 2.45) is 5.10 Å². The van der Waals surface area contributed by atoms with Gasteiger partial charge in [0.25, 0.3) is 0 Å². The number of carbonyl (C=O) groups is 2. The third kappa shape index (κ3) is 8.38. The molecule has 31 heavy (non-hydrogen) atoms. The van der Waals surface area contributed by atoms with E-state index in [4.69, 9.17) is 18.9 Å². The number of nitrogens with zero attached hydrogens (tertiary/aromatic N) is 1. The fourth-order valence-electron chi connectivity index (χ4n) is 2.56. The third-order valence-electron chi connectivity index (χ3n) is 3.87. The summed E-state index contributed by atoms with van der Waals surface area (Å²) in [7, 11) is 3.10. The molecule has 0 saturated heterocycles. The van der Waals surface area contributed by atoms with Crippen molar-refractivity contribution in [3.63, 3.8) is 0 Å². The van der Waals surface area contributed by atoms with Gasteiger partial charge in [-0.1, -0.05) is 6.07 Å². The normalized spacial score (nSPS) is 11.1. The van der Waals surface area contributed by atoms with Gasteiger partial charge in [0.15, 0.2) is 18.1 Å². The molecule has 8 nitrogen and oxygen atoms in total. The number of amides is 1. The summed E-state index contributed by atoms with van der Waals surface area (Å²) >= 11 is 0. The van der Waals surface area contributed by atoms with Crippen LogP contribution in [0.1, 0.15) is 31.9 Å². The summed E-state index contributed by atoms with van der Waals surface area (Å²) < 4.78 is 21.0. The topological polar surface area (TPSA) is 95.5 Å². The van der Waals surface area contributed by atoms with Crippen LogP contribution < -0.4 is 19.6 Å². The van der Waals surface area contributed by atoms with Gasteiger partial charge in [0.1, 0.15) is 11.4 Å². The lowest BCUT2D eigenvalue weighted by Crippen LogP contribution is -2.27. The summed E-state index contributed by atoms with van der Waals surface area (Å²) in [4.78, 5) is 23.8. The number of benzene rings is 2. The molecule has 166 valence electrons. The van der Waals surface area contributed by atoms with Crippen molar-refractivity contribution < 1.29 is 28.5 Å². The number of hydrogen-bond donors (Lipinski definition) is 1. The molecule has 2 rings (SSSR count). The summed E-state index contributed by atoms with van der Waals surface area (Å²) in [6.07, 6.45) is 1.67. The van der Waals surface area contributed by atoms with Gasteiger partial charge in [-0.3, -0.25) is 4.79 Å². The first kappa shape index (κ1) is 23.7. The summed E-state index contributed by atoms with van der Waals surface area (Å²) in [5.41, 5.74) is 3.47. The molecule has 0 unspecified atom stereocenters. The molecular formula is C23H28N2O6. The minimum absolute atomic E-state index is 0.148. The van der Waals surface area contributed by atoms with Crippen LogP contribution in [-0.2, 0) is 20.7 Å². The molecule has 2 aromatic rings. The van der Waals surface area contributed by atoms with Crippen LogP contribution in [0, 0.1) is 0 Å². The molecule has 0 aliphatic heterocycles. The predicted molar refractivity (Wildman–Crippen MR) is 117 cm³/mol. The van der Waals surface area contributed by atoms with E-state index in [1.807, 2.05) is 0 Å². The predicted octanol–water partition coefficient (Wildman–Crippen LogP) is 3.12. The van der Waals surface area contributed by atoms with Crippen LogP contribution in [0.2, 0.25) is 0 Å². The van der Waals surface area contributed by atoms with Crippen molar-refractivity contribution >= 4 is 18.1 Å². The molecule has 1 amide bonds. The smallest absolute Gasteiger partial charge is 0.344 e. The fraction of sp³-hybridized carbons (Fsp3) is 0.348. The molecule has 8 heteroatoms. The number of carbonyl (C=O) groups excluding carboxylic acids is 2. The van der Waals surface area contributed by atoms with Crippen molar-refractivity contribution in [2.75, 3.05) is 20.8 Å². The lowest BCUT2D eigenvalue weighted by Gasteiger charge is -2.19. The molecule has 0 aromatic heterocycles. The lowest BCUT2D eigenvalue weighted by atomic mass is 10.1. The van der Waals surface area contributed by atoms with E-state index in [1.54, 1.807) is 77.5 Å². The van der Waals surface area contributed by atoms with E-state index in [0.29, 0.717) is 17.2 Å². The maximum Gasteiger partial charge on any atom is 0.344 e. The average Bonchev–Trinajstić information content (AvgIpc) is 2.71. The van der Waals surface area contributed by atoms with Gasteiger partial charge in [-0.25, -0.2) is 10.2 Å². The minimum Gasteiger partial charge on any atom is -0.493 e. The van der Waals surface area contributed by atoms with Crippen LogP contribution in [0.5, 0.6) is 17.2 Å². The zero-order valence-electron chi connectivity index (χ0n) is 18.4. The van der Waals surface area contributed by atoms with Gasteiger partial charge in [-0.05, 0) is 68.3 Å². The molecule has 0 atom stereocenters. The zero-order valence-corrected chi connectivity index (χ0v) is 18.4.